The van der Waals surface area contributed by atoms with Gasteiger partial charge in [0.15, 0.2) is 5.78 Å². The number of carbonyl (C=O) groups excluding carboxylic acids is 1. The van der Waals surface area contributed by atoms with Crippen LogP contribution in [0.15, 0.2) is 54.7 Å². The molecule has 1 fully saturated rings. The minimum atomic E-state index is -0.00577. The molecular weight excluding hydrogens is 452 g/mol. The first-order valence-corrected chi connectivity index (χ1v) is 12.3. The quantitative estimate of drug-likeness (QED) is 0.332. The van der Waals surface area contributed by atoms with E-state index in [9.17, 15) is 4.79 Å². The molecule has 1 aliphatic heterocycles. The molecule has 4 aromatic heterocycles. The van der Waals surface area contributed by atoms with Crippen LogP contribution in [-0.2, 0) is 11.8 Å². The van der Waals surface area contributed by atoms with Gasteiger partial charge in [-0.25, -0.2) is 9.67 Å². The van der Waals surface area contributed by atoms with Crippen molar-refractivity contribution in [1.29, 1.82) is 0 Å². The Labute approximate surface area is 208 Å². The molecule has 0 spiro atoms. The largest absolute Gasteiger partial charge is 0.381 e. The first kappa shape index (κ1) is 22.5. The molecule has 5 aromatic rings. The number of hydrogen-bond donors (Lipinski definition) is 0. The van der Waals surface area contributed by atoms with Crippen molar-refractivity contribution in [3.63, 3.8) is 0 Å². The van der Waals surface area contributed by atoms with Gasteiger partial charge in [-0.1, -0.05) is 35.5 Å². The van der Waals surface area contributed by atoms with Crippen LogP contribution in [-0.4, -0.2) is 48.5 Å². The van der Waals surface area contributed by atoms with Gasteiger partial charge in [0.05, 0.1) is 28.5 Å². The van der Waals surface area contributed by atoms with Gasteiger partial charge >= 0.3 is 0 Å². The second kappa shape index (κ2) is 8.95. The van der Waals surface area contributed by atoms with Crippen molar-refractivity contribution in [2.45, 2.75) is 32.7 Å². The summed E-state index contributed by atoms with van der Waals surface area (Å²) in [5, 5.41) is 9.37. The Morgan fingerprint density at radius 1 is 1.11 bits per heavy atom. The summed E-state index contributed by atoms with van der Waals surface area (Å²) in [5.41, 5.74) is 6.93. The van der Waals surface area contributed by atoms with Crippen molar-refractivity contribution in [1.82, 2.24) is 29.5 Å². The van der Waals surface area contributed by atoms with Crippen molar-refractivity contribution in [3.8, 4) is 11.4 Å². The number of Topliss-reactive ketones (excluding diaryl/α,β-unsaturated/α-hetero) is 1. The number of rotatable bonds is 5. The SMILES string of the molecule is CC(=O)c1cnc2c3ccc(-c4c(C)nnn4C)nc3n([C@@H](c3ccccc3)C3CCOCC3)c2c1. The lowest BCUT2D eigenvalue weighted by molar-refractivity contribution is 0.0552. The first-order valence-electron chi connectivity index (χ1n) is 12.3. The molecule has 1 aliphatic rings. The summed E-state index contributed by atoms with van der Waals surface area (Å²) in [6.45, 7) is 5.00. The van der Waals surface area contributed by atoms with Crippen LogP contribution in [0, 0.1) is 12.8 Å². The van der Waals surface area contributed by atoms with Crippen LogP contribution in [0.4, 0.5) is 0 Å². The molecule has 1 atom stereocenters. The van der Waals surface area contributed by atoms with E-state index in [-0.39, 0.29) is 11.8 Å². The zero-order valence-corrected chi connectivity index (χ0v) is 20.7. The summed E-state index contributed by atoms with van der Waals surface area (Å²) >= 11 is 0. The Bertz CT molecular complexity index is 1560. The van der Waals surface area contributed by atoms with E-state index < -0.39 is 0 Å². The average Bonchev–Trinajstić information content (AvgIpc) is 3.41. The van der Waals surface area contributed by atoms with Gasteiger partial charge in [-0.05, 0) is 56.4 Å². The zero-order chi connectivity index (χ0) is 24.8. The topological polar surface area (TPSA) is 87.7 Å². The van der Waals surface area contributed by atoms with Crippen molar-refractivity contribution in [2.24, 2.45) is 13.0 Å². The molecule has 36 heavy (non-hydrogen) atoms. The zero-order valence-electron chi connectivity index (χ0n) is 20.7. The van der Waals surface area contributed by atoms with Crippen LogP contribution in [0.1, 0.15) is 47.4 Å². The van der Waals surface area contributed by atoms with Gasteiger partial charge in [0, 0.05) is 37.4 Å². The minimum Gasteiger partial charge on any atom is -0.381 e. The van der Waals surface area contributed by atoms with Gasteiger partial charge in [0.25, 0.3) is 0 Å². The Morgan fingerprint density at radius 2 is 1.89 bits per heavy atom. The molecule has 8 nitrogen and oxygen atoms in total. The van der Waals surface area contributed by atoms with E-state index in [2.05, 4.69) is 45.2 Å². The van der Waals surface area contributed by atoms with Gasteiger partial charge in [-0.3, -0.25) is 9.78 Å². The lowest BCUT2D eigenvalue weighted by atomic mass is 9.86. The molecule has 8 heteroatoms. The predicted octanol–water partition coefficient (Wildman–Crippen LogP) is 4.91. The van der Waals surface area contributed by atoms with Crippen LogP contribution in [0.3, 0.4) is 0 Å². The van der Waals surface area contributed by atoms with E-state index in [1.807, 2.05) is 32.2 Å². The number of benzene rings is 1. The van der Waals surface area contributed by atoms with E-state index in [0.717, 1.165) is 65.2 Å². The van der Waals surface area contributed by atoms with E-state index in [1.54, 1.807) is 17.8 Å². The third-order valence-corrected chi connectivity index (χ3v) is 7.26. The standard InChI is InChI=1S/C28H28N6O2/c1-17-26(33(3)32-31-17)23-10-9-22-25-24(15-21(16-29-25)18(2)35)34(28(22)30-23)27(19-7-5-4-6-8-19)20-11-13-36-14-12-20/h4-10,15-16,20,27H,11-14H2,1-3H3/t27-/m0/s1. The number of ketones is 1. The average molecular weight is 481 g/mol. The third-order valence-electron chi connectivity index (χ3n) is 7.26. The Kier molecular flexibility index (Phi) is 5.60. The lowest BCUT2D eigenvalue weighted by Gasteiger charge is -2.32. The molecular formula is C28H28N6O2. The summed E-state index contributed by atoms with van der Waals surface area (Å²) in [6.07, 6.45) is 3.57. The predicted molar refractivity (Wildman–Crippen MR) is 138 cm³/mol. The summed E-state index contributed by atoms with van der Waals surface area (Å²) in [4.78, 5) is 22.3. The van der Waals surface area contributed by atoms with Gasteiger partial charge in [0.1, 0.15) is 11.3 Å². The van der Waals surface area contributed by atoms with Crippen LogP contribution in [0.2, 0.25) is 0 Å². The smallest absolute Gasteiger partial charge is 0.161 e. The monoisotopic (exact) mass is 480 g/mol. The summed E-state index contributed by atoms with van der Waals surface area (Å²) in [7, 11) is 1.88. The number of aryl methyl sites for hydroxylation is 2. The maximum absolute atomic E-state index is 12.3. The molecule has 1 saturated heterocycles. The fourth-order valence-electron chi connectivity index (χ4n) is 5.51. The number of hydrogen-bond acceptors (Lipinski definition) is 6. The number of carbonyl (C=O) groups is 1. The number of fused-ring (bicyclic) bond motifs is 3. The molecule has 1 aromatic carbocycles. The molecule has 0 saturated carbocycles. The van der Waals surface area contributed by atoms with Gasteiger partial charge in [-0.2, -0.15) is 0 Å². The molecule has 0 radical (unpaired) electrons. The molecule has 0 bridgehead atoms. The van der Waals surface area contributed by atoms with E-state index in [4.69, 9.17) is 14.7 Å². The van der Waals surface area contributed by atoms with Crippen LogP contribution >= 0.6 is 0 Å². The number of ether oxygens (including phenoxy) is 1. The highest BCUT2D eigenvalue weighted by atomic mass is 16.5. The summed E-state index contributed by atoms with van der Waals surface area (Å²) in [5.74, 6) is 0.347. The molecule has 182 valence electrons. The molecule has 0 amide bonds. The van der Waals surface area contributed by atoms with Gasteiger partial charge in [-0.15, -0.1) is 5.10 Å². The Morgan fingerprint density at radius 3 is 2.58 bits per heavy atom. The van der Waals surface area contributed by atoms with Crippen LogP contribution in [0.5, 0.6) is 0 Å². The maximum atomic E-state index is 12.3. The molecule has 0 aliphatic carbocycles. The highest BCUT2D eigenvalue weighted by Gasteiger charge is 2.31. The fourth-order valence-corrected chi connectivity index (χ4v) is 5.51. The molecule has 5 heterocycles. The summed E-state index contributed by atoms with van der Waals surface area (Å²) in [6, 6.07) is 16.6. The molecule has 0 N–H and O–H groups in total. The Balaban J connectivity index is 1.69. The third kappa shape index (κ3) is 3.69. The van der Waals surface area contributed by atoms with Crippen molar-refractivity contribution in [3.05, 3.63) is 71.5 Å². The van der Waals surface area contributed by atoms with Gasteiger partial charge in [0.2, 0.25) is 0 Å². The van der Waals surface area contributed by atoms with Crippen LogP contribution in [0.25, 0.3) is 33.5 Å². The second-order valence-electron chi connectivity index (χ2n) is 9.54. The first-order chi connectivity index (χ1) is 17.5. The van der Waals surface area contributed by atoms with Crippen molar-refractivity contribution >= 4 is 27.9 Å². The van der Waals surface area contributed by atoms with Crippen molar-refractivity contribution < 1.29 is 9.53 Å². The molecule has 6 rings (SSSR count). The highest BCUT2D eigenvalue weighted by molar-refractivity contribution is 6.07. The van der Waals surface area contributed by atoms with Crippen molar-refractivity contribution in [2.75, 3.05) is 13.2 Å². The Hall–Kier alpha value is -3.91. The number of nitrogens with zero attached hydrogens (tertiary/aromatic N) is 6. The highest BCUT2D eigenvalue weighted by Crippen LogP contribution is 2.40. The van der Waals surface area contributed by atoms with E-state index in [1.165, 1.54) is 5.56 Å². The van der Waals surface area contributed by atoms with Gasteiger partial charge < -0.3 is 9.30 Å². The minimum absolute atomic E-state index is 0.00577. The summed E-state index contributed by atoms with van der Waals surface area (Å²) < 4.78 is 9.79. The van der Waals surface area contributed by atoms with E-state index >= 15 is 0 Å². The number of aromatic nitrogens is 6. The molecule has 0 unspecified atom stereocenters. The van der Waals surface area contributed by atoms with Crippen LogP contribution < -0.4 is 0 Å². The second-order valence-corrected chi connectivity index (χ2v) is 9.54. The fraction of sp³-hybridized carbons (Fsp3) is 0.321. The maximum Gasteiger partial charge on any atom is 0.161 e. The number of pyridine rings is 2. The van der Waals surface area contributed by atoms with E-state index in [0.29, 0.717) is 11.5 Å². The lowest BCUT2D eigenvalue weighted by Crippen LogP contribution is -2.27. The normalized spacial score (nSPS) is 15.5.